The fourth-order valence-electron chi connectivity index (χ4n) is 0. The van der Waals surface area contributed by atoms with Crippen molar-refractivity contribution in [3.8, 4) is 0 Å². The number of halogens is 3. The number of aldehydes is 1. The Morgan fingerprint density at radius 3 is 1.11 bits per heavy atom. The second-order valence-corrected chi connectivity index (χ2v) is 4.10. The Hall–Kier alpha value is 4.80. The Bertz CT molecular complexity index is 139. The van der Waals surface area contributed by atoms with Gasteiger partial charge in [-0.1, -0.05) is 59.6 Å². The van der Waals surface area contributed by atoms with Crippen LogP contribution in [0.15, 0.2) is 0 Å². The summed E-state index contributed by atoms with van der Waals surface area (Å²) in [7, 11) is 1.68. The number of hydrogen-bond acceptors (Lipinski definition) is 6. The first kappa shape index (κ1) is 76.9. The van der Waals surface area contributed by atoms with E-state index < -0.39 is 0 Å². The van der Waals surface area contributed by atoms with Crippen molar-refractivity contribution in [3.63, 3.8) is 0 Å². The van der Waals surface area contributed by atoms with Crippen molar-refractivity contribution < 1.29 is 165 Å². The second-order valence-electron chi connectivity index (χ2n) is 1.86. The van der Waals surface area contributed by atoms with Crippen LogP contribution >= 0.6 is 48.8 Å². The molecule has 0 aliphatic rings. The van der Waals surface area contributed by atoms with Crippen LogP contribution in [0.3, 0.4) is 0 Å². The predicted molar refractivity (Wildman–Crippen MR) is 118 cm³/mol. The largest absolute Gasteiger partial charge is 1.00 e. The standard InChI is InChI=1S/C3H8O.2C2H5Br.C2H6O.C2H4O.C2H6.CH2O3.B.BrH.2K.Na.2H/c1-3-4-2;4*1-2-3;1-2;2-1-4-3;;;;;;;/h3H2,1-2H3;2*2H2,1H3;3H,2H2,1H3;2H,1H3;1-2H3;1,3H;;1H;;;;;/q;;;;;;;;;3*+1;2*-1/p-1. The average Bonchev–Trinajstić information content (AvgIpc) is 2.52. The number of ether oxygens (including phenoxy) is 1. The molecule has 0 spiro atoms. The first-order valence-corrected chi connectivity index (χ1v) is 9.07. The van der Waals surface area contributed by atoms with Gasteiger partial charge in [0.15, 0.2) is 0 Å². The van der Waals surface area contributed by atoms with Crippen LogP contribution in [0.25, 0.3) is 0 Å². The van der Waals surface area contributed by atoms with Crippen LogP contribution in [0, 0.1) is 0 Å². The van der Waals surface area contributed by atoms with Gasteiger partial charge in [0.2, 0.25) is 0 Å². The Labute approximate surface area is 307 Å². The number of rotatable bonds is 2. The molecule has 13 heteroatoms. The van der Waals surface area contributed by atoms with Gasteiger partial charge in [0.1, 0.15) is 6.29 Å². The van der Waals surface area contributed by atoms with E-state index in [4.69, 9.17) is 20.0 Å². The van der Waals surface area contributed by atoms with Crippen LogP contribution in [0.5, 0.6) is 0 Å². The van der Waals surface area contributed by atoms with E-state index in [0.717, 1.165) is 23.6 Å². The van der Waals surface area contributed by atoms with Gasteiger partial charge in [-0.05, 0) is 20.8 Å². The topological polar surface area (TPSA) is 95.9 Å². The van der Waals surface area contributed by atoms with Crippen LogP contribution in [-0.2, 0) is 19.2 Å². The molecule has 0 aromatic rings. The van der Waals surface area contributed by atoms with E-state index in [9.17, 15) is 0 Å². The summed E-state index contributed by atoms with van der Waals surface area (Å²) >= 11 is 6.29. The first-order chi connectivity index (χ1) is 10.5. The summed E-state index contributed by atoms with van der Waals surface area (Å²) in [4.78, 5) is 20.1. The number of methoxy groups -OCH3 is 1. The number of carbonyl (C=O) groups is 2. The summed E-state index contributed by atoms with van der Waals surface area (Å²) in [5, 5.41) is 18.1. The molecule has 6 nitrogen and oxygen atoms in total. The second kappa shape index (κ2) is 167. The van der Waals surface area contributed by atoms with Crippen molar-refractivity contribution in [2.24, 2.45) is 0 Å². The SMILES string of the molecule is Br.CC.CC=O.CCBr.CCBr.CCO.CCOC.O=CO[O-].[B].[H-].[H-].[K+].[K+].[Na+]. The molecule has 0 bridgehead atoms. The van der Waals surface area contributed by atoms with Gasteiger partial charge in [0.05, 0.1) is 0 Å². The zero-order valence-corrected chi connectivity index (χ0v) is 32.3. The van der Waals surface area contributed by atoms with Gasteiger partial charge < -0.3 is 27.6 Å². The Balaban J connectivity index is -0.00000000731. The van der Waals surface area contributed by atoms with Crippen molar-refractivity contribution in [3.05, 3.63) is 0 Å². The number of hydrogen-bond donors (Lipinski definition) is 1. The van der Waals surface area contributed by atoms with Gasteiger partial charge >= 0.3 is 132 Å². The minimum atomic E-state index is -0.181. The van der Waals surface area contributed by atoms with E-state index in [1.54, 1.807) is 14.0 Å². The van der Waals surface area contributed by atoms with Gasteiger partial charge in [-0.3, -0.25) is 4.79 Å². The van der Waals surface area contributed by atoms with Crippen LogP contribution in [0.2, 0.25) is 0 Å². The van der Waals surface area contributed by atoms with E-state index in [0.29, 0.717) is 0 Å². The van der Waals surface area contributed by atoms with E-state index in [2.05, 4.69) is 41.5 Å². The molecule has 27 heavy (non-hydrogen) atoms. The number of carbonyl (C=O) groups excluding carboxylic acids is 2. The van der Waals surface area contributed by atoms with Gasteiger partial charge in [0, 0.05) is 39.4 Å². The molecular weight excluding hydrogens is 616 g/mol. The number of alkyl halides is 2. The third-order valence-electron chi connectivity index (χ3n) is 0.328. The van der Waals surface area contributed by atoms with Crippen LogP contribution in [0.4, 0.5) is 0 Å². The van der Waals surface area contributed by atoms with E-state index in [1.807, 2.05) is 34.6 Å². The fourth-order valence-corrected chi connectivity index (χ4v) is 0. The summed E-state index contributed by atoms with van der Waals surface area (Å²) < 4.78 is 4.54. The molecule has 0 aromatic carbocycles. The molecular formula is C14H38BBr3K2NaO6. The number of aliphatic hydroxyl groups excluding tert-OH is 1. The molecule has 0 rings (SSSR count). The van der Waals surface area contributed by atoms with Gasteiger partial charge in [-0.15, -0.1) is 17.0 Å². The van der Waals surface area contributed by atoms with E-state index >= 15 is 0 Å². The third-order valence-corrected chi connectivity index (χ3v) is 0.328. The molecule has 157 valence electrons. The molecule has 0 aliphatic heterocycles. The van der Waals surface area contributed by atoms with Crippen molar-refractivity contribution in [2.75, 3.05) is 31.0 Å². The van der Waals surface area contributed by atoms with Crippen LogP contribution in [0.1, 0.15) is 51.3 Å². The van der Waals surface area contributed by atoms with Gasteiger partial charge in [0.25, 0.3) is 6.47 Å². The van der Waals surface area contributed by atoms with Crippen molar-refractivity contribution >= 4 is 70.0 Å². The Morgan fingerprint density at radius 1 is 1.04 bits per heavy atom. The fraction of sp³-hybridized carbons (Fsp3) is 0.857. The maximum atomic E-state index is 8.81. The third kappa shape index (κ3) is 553. The van der Waals surface area contributed by atoms with Crippen molar-refractivity contribution in [1.82, 2.24) is 0 Å². The zero-order valence-electron chi connectivity index (χ0n) is 21.2. The molecule has 1 N–H and O–H groups in total. The number of aliphatic hydroxyl groups is 1. The Kier molecular flexibility index (Phi) is 476. The monoisotopic (exact) mass is 651 g/mol. The predicted octanol–water partition coefficient (Wildman–Crippen LogP) is -5.45. The summed E-state index contributed by atoms with van der Waals surface area (Å²) in [6.07, 6.45) is 0.750. The van der Waals surface area contributed by atoms with E-state index in [1.165, 1.54) is 6.92 Å². The summed E-state index contributed by atoms with van der Waals surface area (Å²) in [6, 6.07) is 0. The molecule has 3 radical (unpaired) electrons. The Morgan fingerprint density at radius 2 is 1.11 bits per heavy atom. The summed E-state index contributed by atoms with van der Waals surface area (Å²) in [5.41, 5.74) is 0. The molecule has 0 aliphatic carbocycles. The van der Waals surface area contributed by atoms with Crippen LogP contribution < -0.4 is 138 Å². The normalized spacial score (nSPS) is 4.59. The van der Waals surface area contributed by atoms with Crippen LogP contribution in [-0.4, -0.2) is 57.3 Å². The maximum Gasteiger partial charge on any atom is 1.00 e. The zero-order chi connectivity index (χ0) is 19.7. The van der Waals surface area contributed by atoms with Gasteiger partial charge in [-0.25, -0.2) is 0 Å². The molecule has 0 fully saturated rings. The summed E-state index contributed by atoms with van der Waals surface area (Å²) in [5.74, 6) is 0. The average molecular weight is 654 g/mol. The molecule has 0 atom stereocenters. The quantitative estimate of drug-likeness (QED) is 0.105. The molecule has 0 aromatic heterocycles. The smallest absolute Gasteiger partial charge is 1.00 e. The minimum Gasteiger partial charge on any atom is -1.00 e. The molecule has 0 saturated heterocycles. The maximum absolute atomic E-state index is 8.81. The molecule has 0 amide bonds. The minimum absolute atomic E-state index is 0. The molecule has 0 saturated carbocycles. The summed E-state index contributed by atoms with van der Waals surface area (Å²) in [6.45, 7) is 14.1. The van der Waals surface area contributed by atoms with Crippen molar-refractivity contribution in [2.45, 2.75) is 48.5 Å². The van der Waals surface area contributed by atoms with Crippen molar-refractivity contribution in [1.29, 1.82) is 0 Å². The molecule has 0 unspecified atom stereocenters. The first-order valence-electron chi connectivity index (χ1n) is 6.83. The van der Waals surface area contributed by atoms with E-state index in [-0.39, 0.29) is 174 Å². The van der Waals surface area contributed by atoms with Gasteiger partial charge in [-0.2, -0.15) is 0 Å². The molecule has 0 heterocycles.